The molecule has 1 N–H and O–H groups in total. The minimum absolute atomic E-state index is 0.0143. The summed E-state index contributed by atoms with van der Waals surface area (Å²) in [6.07, 6.45) is 5.81. The Morgan fingerprint density at radius 3 is 2.75 bits per heavy atom. The molecule has 3 atom stereocenters. The SMILES string of the molecule is CCC(C(=O)NCC1CCCC(Br)C1)c1ccccc1. The van der Waals surface area contributed by atoms with Gasteiger partial charge in [-0.1, -0.05) is 59.6 Å². The Balaban J connectivity index is 1.87. The number of halogens is 1. The molecule has 1 aromatic rings. The number of rotatable bonds is 5. The fourth-order valence-electron chi connectivity index (χ4n) is 3.04. The maximum absolute atomic E-state index is 12.4. The third-order valence-electron chi connectivity index (χ3n) is 4.21. The third kappa shape index (κ3) is 4.34. The minimum atomic E-state index is -0.0143. The molecule has 3 heteroatoms. The Labute approximate surface area is 130 Å². The summed E-state index contributed by atoms with van der Waals surface area (Å²) in [4.78, 5) is 13.0. The van der Waals surface area contributed by atoms with Gasteiger partial charge < -0.3 is 5.32 Å². The molecule has 1 aliphatic carbocycles. The van der Waals surface area contributed by atoms with E-state index in [2.05, 4.69) is 28.2 Å². The van der Waals surface area contributed by atoms with Gasteiger partial charge in [0.25, 0.3) is 0 Å². The highest BCUT2D eigenvalue weighted by molar-refractivity contribution is 9.09. The molecule has 2 rings (SSSR count). The quantitative estimate of drug-likeness (QED) is 0.799. The summed E-state index contributed by atoms with van der Waals surface area (Å²) in [6.45, 7) is 2.90. The lowest BCUT2D eigenvalue weighted by Crippen LogP contribution is -2.35. The van der Waals surface area contributed by atoms with Crippen LogP contribution in [-0.4, -0.2) is 17.3 Å². The van der Waals surface area contributed by atoms with E-state index in [1.807, 2.05) is 30.3 Å². The lowest BCUT2D eigenvalue weighted by molar-refractivity contribution is -0.122. The van der Waals surface area contributed by atoms with Crippen LogP contribution in [0.4, 0.5) is 0 Å². The van der Waals surface area contributed by atoms with Gasteiger partial charge in [0.15, 0.2) is 0 Å². The highest BCUT2D eigenvalue weighted by atomic mass is 79.9. The van der Waals surface area contributed by atoms with E-state index in [1.165, 1.54) is 25.7 Å². The monoisotopic (exact) mass is 337 g/mol. The normalized spacial score (nSPS) is 24.1. The first-order chi connectivity index (χ1) is 9.70. The first kappa shape index (κ1) is 15.6. The van der Waals surface area contributed by atoms with Crippen LogP contribution in [0.2, 0.25) is 0 Å². The fraction of sp³-hybridized carbons (Fsp3) is 0.588. The van der Waals surface area contributed by atoms with Gasteiger partial charge >= 0.3 is 0 Å². The molecule has 20 heavy (non-hydrogen) atoms. The molecule has 1 saturated carbocycles. The molecule has 1 amide bonds. The van der Waals surface area contributed by atoms with E-state index in [0.29, 0.717) is 10.7 Å². The minimum Gasteiger partial charge on any atom is -0.355 e. The molecule has 0 radical (unpaired) electrons. The van der Waals surface area contributed by atoms with Gasteiger partial charge in [0.1, 0.15) is 0 Å². The van der Waals surface area contributed by atoms with Crippen LogP contribution < -0.4 is 5.32 Å². The van der Waals surface area contributed by atoms with Crippen LogP contribution >= 0.6 is 15.9 Å². The molecule has 0 saturated heterocycles. The topological polar surface area (TPSA) is 29.1 Å². The second kappa shape index (κ2) is 7.82. The van der Waals surface area contributed by atoms with Crippen LogP contribution in [0.3, 0.4) is 0 Å². The molecule has 0 heterocycles. The van der Waals surface area contributed by atoms with Crippen LogP contribution in [-0.2, 0) is 4.79 Å². The number of carbonyl (C=O) groups excluding carboxylic acids is 1. The van der Waals surface area contributed by atoms with E-state index in [4.69, 9.17) is 0 Å². The lowest BCUT2D eigenvalue weighted by Gasteiger charge is -2.26. The molecule has 1 aromatic carbocycles. The maximum atomic E-state index is 12.4. The van der Waals surface area contributed by atoms with Gasteiger partial charge in [-0.15, -0.1) is 0 Å². The van der Waals surface area contributed by atoms with Gasteiger partial charge in [-0.2, -0.15) is 0 Å². The summed E-state index contributed by atoms with van der Waals surface area (Å²) in [5.74, 6) is 0.792. The predicted molar refractivity (Wildman–Crippen MR) is 87.2 cm³/mol. The van der Waals surface area contributed by atoms with Crippen LogP contribution in [0.15, 0.2) is 30.3 Å². The predicted octanol–water partition coefficient (Wildman–Crippen LogP) is 4.25. The Morgan fingerprint density at radius 2 is 2.10 bits per heavy atom. The molecular weight excluding hydrogens is 314 g/mol. The first-order valence-corrected chi connectivity index (χ1v) is 8.59. The zero-order valence-corrected chi connectivity index (χ0v) is 13.7. The Morgan fingerprint density at radius 1 is 1.35 bits per heavy atom. The molecule has 1 aliphatic rings. The van der Waals surface area contributed by atoms with Crippen molar-refractivity contribution in [3.63, 3.8) is 0 Å². The maximum Gasteiger partial charge on any atom is 0.227 e. The zero-order chi connectivity index (χ0) is 14.4. The van der Waals surface area contributed by atoms with Gasteiger partial charge in [0, 0.05) is 11.4 Å². The van der Waals surface area contributed by atoms with Gasteiger partial charge in [-0.05, 0) is 37.2 Å². The van der Waals surface area contributed by atoms with Gasteiger partial charge in [-0.3, -0.25) is 4.79 Å². The molecule has 0 spiro atoms. The number of benzene rings is 1. The van der Waals surface area contributed by atoms with Crippen molar-refractivity contribution in [1.82, 2.24) is 5.32 Å². The van der Waals surface area contributed by atoms with Gasteiger partial charge in [-0.25, -0.2) is 0 Å². The number of alkyl halides is 1. The van der Waals surface area contributed by atoms with E-state index in [0.717, 1.165) is 18.5 Å². The molecular formula is C17H24BrNO. The first-order valence-electron chi connectivity index (χ1n) is 7.67. The molecule has 2 nitrogen and oxygen atoms in total. The number of hydrogen-bond acceptors (Lipinski definition) is 1. The summed E-state index contributed by atoms with van der Waals surface area (Å²) in [7, 11) is 0. The number of hydrogen-bond donors (Lipinski definition) is 1. The lowest BCUT2D eigenvalue weighted by atomic mass is 9.88. The Hall–Kier alpha value is -0.830. The molecule has 1 fully saturated rings. The van der Waals surface area contributed by atoms with Crippen molar-refractivity contribution in [2.75, 3.05) is 6.54 Å². The van der Waals surface area contributed by atoms with Crippen molar-refractivity contribution in [2.24, 2.45) is 5.92 Å². The average Bonchev–Trinajstić information content (AvgIpc) is 2.47. The van der Waals surface area contributed by atoms with E-state index < -0.39 is 0 Å². The smallest absolute Gasteiger partial charge is 0.227 e. The van der Waals surface area contributed by atoms with E-state index in [9.17, 15) is 4.79 Å². The largest absolute Gasteiger partial charge is 0.355 e. The highest BCUT2D eigenvalue weighted by Crippen LogP contribution is 2.28. The van der Waals surface area contributed by atoms with Crippen LogP contribution in [0, 0.1) is 5.92 Å². The number of amides is 1. The molecule has 110 valence electrons. The van der Waals surface area contributed by atoms with Crippen LogP contribution in [0.5, 0.6) is 0 Å². The summed E-state index contributed by atoms with van der Waals surface area (Å²) < 4.78 is 0. The zero-order valence-electron chi connectivity index (χ0n) is 12.1. The number of nitrogens with one attached hydrogen (secondary N) is 1. The fourth-order valence-corrected chi connectivity index (χ4v) is 3.89. The van der Waals surface area contributed by atoms with Crippen molar-refractivity contribution < 1.29 is 4.79 Å². The van der Waals surface area contributed by atoms with Crippen molar-refractivity contribution in [3.8, 4) is 0 Å². The van der Waals surface area contributed by atoms with Crippen molar-refractivity contribution in [2.45, 2.75) is 49.8 Å². The van der Waals surface area contributed by atoms with Gasteiger partial charge in [0.05, 0.1) is 5.92 Å². The van der Waals surface area contributed by atoms with Gasteiger partial charge in [0.2, 0.25) is 5.91 Å². The summed E-state index contributed by atoms with van der Waals surface area (Å²) >= 11 is 3.70. The summed E-state index contributed by atoms with van der Waals surface area (Å²) in [6, 6.07) is 10.1. The molecule has 0 aliphatic heterocycles. The van der Waals surface area contributed by atoms with Crippen molar-refractivity contribution in [3.05, 3.63) is 35.9 Å². The number of carbonyl (C=O) groups is 1. The Kier molecular flexibility index (Phi) is 6.08. The Bertz CT molecular complexity index is 420. The van der Waals surface area contributed by atoms with Crippen molar-refractivity contribution >= 4 is 21.8 Å². The van der Waals surface area contributed by atoms with Crippen LogP contribution in [0.1, 0.15) is 50.5 Å². The van der Waals surface area contributed by atoms with Crippen LogP contribution in [0.25, 0.3) is 0 Å². The highest BCUT2D eigenvalue weighted by Gasteiger charge is 2.22. The van der Waals surface area contributed by atoms with Crippen molar-refractivity contribution in [1.29, 1.82) is 0 Å². The third-order valence-corrected chi connectivity index (χ3v) is 5.04. The second-order valence-electron chi connectivity index (χ2n) is 5.75. The second-order valence-corrected chi connectivity index (χ2v) is 7.04. The standard InChI is InChI=1S/C17H24BrNO/c1-2-16(14-8-4-3-5-9-14)17(20)19-12-13-7-6-10-15(18)11-13/h3-5,8-9,13,15-16H,2,6-7,10-12H2,1H3,(H,19,20). The van der Waals surface area contributed by atoms with E-state index in [-0.39, 0.29) is 11.8 Å². The van der Waals surface area contributed by atoms with E-state index in [1.54, 1.807) is 0 Å². The van der Waals surface area contributed by atoms with E-state index >= 15 is 0 Å². The average molecular weight is 338 g/mol. The summed E-state index contributed by atoms with van der Waals surface area (Å²) in [5.41, 5.74) is 1.12. The molecule has 3 unspecified atom stereocenters. The summed E-state index contributed by atoms with van der Waals surface area (Å²) in [5, 5.41) is 3.16. The molecule has 0 bridgehead atoms. The molecule has 0 aromatic heterocycles.